The first-order chi connectivity index (χ1) is 8.49. The van der Waals surface area contributed by atoms with Crippen LogP contribution in [0.2, 0.25) is 0 Å². The zero-order chi connectivity index (χ0) is 13.5. The van der Waals surface area contributed by atoms with Gasteiger partial charge in [-0.25, -0.2) is 0 Å². The summed E-state index contributed by atoms with van der Waals surface area (Å²) in [5.74, 6) is 0.412. The van der Waals surface area contributed by atoms with Gasteiger partial charge in [0, 0.05) is 17.8 Å². The van der Waals surface area contributed by atoms with Crippen LogP contribution in [-0.4, -0.2) is 24.8 Å². The molecule has 1 rings (SSSR count). The first-order valence-corrected chi connectivity index (χ1v) is 6.10. The number of ketones is 1. The summed E-state index contributed by atoms with van der Waals surface area (Å²) in [5, 5.41) is 5.82. The molecular weight excluding hydrogens is 228 g/mol. The van der Waals surface area contributed by atoms with Crippen molar-refractivity contribution in [3.05, 3.63) is 29.8 Å². The molecular formula is C14H20N2O2. The first kappa shape index (κ1) is 14.2. The number of anilines is 1. The van der Waals surface area contributed by atoms with E-state index in [4.69, 9.17) is 0 Å². The van der Waals surface area contributed by atoms with Crippen LogP contribution in [0.15, 0.2) is 24.3 Å². The van der Waals surface area contributed by atoms with Crippen LogP contribution >= 0.6 is 0 Å². The van der Waals surface area contributed by atoms with E-state index in [1.165, 1.54) is 6.92 Å². The number of nitrogens with one attached hydrogen (secondary N) is 2. The Morgan fingerprint density at radius 2 is 2.00 bits per heavy atom. The van der Waals surface area contributed by atoms with Gasteiger partial charge in [0.15, 0.2) is 5.78 Å². The normalized spacial score (nSPS) is 10.2. The molecule has 0 fully saturated rings. The van der Waals surface area contributed by atoms with Crippen LogP contribution in [0.4, 0.5) is 5.69 Å². The van der Waals surface area contributed by atoms with Crippen molar-refractivity contribution in [3.63, 3.8) is 0 Å². The van der Waals surface area contributed by atoms with Gasteiger partial charge < -0.3 is 10.6 Å². The summed E-state index contributed by atoms with van der Waals surface area (Å²) in [4.78, 5) is 22.7. The van der Waals surface area contributed by atoms with Crippen LogP contribution in [-0.2, 0) is 4.79 Å². The molecule has 0 aliphatic heterocycles. The second-order valence-electron chi connectivity index (χ2n) is 4.69. The molecule has 0 aliphatic carbocycles. The third kappa shape index (κ3) is 4.99. The predicted octanol–water partition coefficient (Wildman–Crippen LogP) is 2.07. The Kier molecular flexibility index (Phi) is 5.36. The molecule has 0 aromatic heterocycles. The highest BCUT2D eigenvalue weighted by molar-refractivity contribution is 5.95. The molecule has 0 unspecified atom stereocenters. The molecule has 0 radical (unpaired) electrons. The molecule has 0 spiro atoms. The van der Waals surface area contributed by atoms with Crippen LogP contribution in [0.5, 0.6) is 0 Å². The van der Waals surface area contributed by atoms with Crippen molar-refractivity contribution in [3.8, 4) is 0 Å². The zero-order valence-corrected chi connectivity index (χ0v) is 11.1. The lowest BCUT2D eigenvalue weighted by atomic mass is 10.1. The minimum Gasteiger partial charge on any atom is -0.376 e. The number of Topliss-reactive ketones (excluding diaryl/α,β-unsaturated/α-hetero) is 1. The fourth-order valence-corrected chi connectivity index (χ4v) is 1.41. The Balaban J connectivity index is 2.46. The maximum absolute atomic E-state index is 11.5. The fourth-order valence-electron chi connectivity index (χ4n) is 1.41. The van der Waals surface area contributed by atoms with Crippen molar-refractivity contribution in [1.29, 1.82) is 0 Å². The van der Waals surface area contributed by atoms with E-state index in [1.807, 2.05) is 19.9 Å². The van der Waals surface area contributed by atoms with Gasteiger partial charge in [0.25, 0.3) is 0 Å². The van der Waals surface area contributed by atoms with Gasteiger partial charge in [-0.3, -0.25) is 9.59 Å². The second-order valence-corrected chi connectivity index (χ2v) is 4.69. The van der Waals surface area contributed by atoms with E-state index in [2.05, 4.69) is 10.6 Å². The third-order valence-electron chi connectivity index (χ3n) is 2.43. The molecule has 0 aliphatic rings. The molecule has 1 aromatic carbocycles. The molecule has 18 heavy (non-hydrogen) atoms. The second kappa shape index (κ2) is 6.79. The van der Waals surface area contributed by atoms with Crippen LogP contribution in [0.25, 0.3) is 0 Å². The average molecular weight is 248 g/mol. The van der Waals surface area contributed by atoms with Crippen molar-refractivity contribution in [2.75, 3.05) is 18.4 Å². The molecule has 0 atom stereocenters. The number of carbonyl (C=O) groups excluding carboxylic acids is 2. The van der Waals surface area contributed by atoms with Crippen molar-refractivity contribution in [2.24, 2.45) is 5.92 Å². The fraction of sp³-hybridized carbons (Fsp3) is 0.429. The number of benzene rings is 1. The van der Waals surface area contributed by atoms with Gasteiger partial charge >= 0.3 is 0 Å². The number of rotatable bonds is 6. The van der Waals surface area contributed by atoms with E-state index in [9.17, 15) is 9.59 Å². The Morgan fingerprint density at radius 1 is 1.28 bits per heavy atom. The van der Waals surface area contributed by atoms with Gasteiger partial charge in [0.2, 0.25) is 5.91 Å². The summed E-state index contributed by atoms with van der Waals surface area (Å²) in [5.41, 5.74) is 1.42. The van der Waals surface area contributed by atoms with Crippen molar-refractivity contribution in [1.82, 2.24) is 5.32 Å². The highest BCUT2D eigenvalue weighted by Crippen LogP contribution is 2.10. The van der Waals surface area contributed by atoms with Gasteiger partial charge in [-0.2, -0.15) is 0 Å². The average Bonchev–Trinajstić information content (AvgIpc) is 2.34. The molecule has 4 heteroatoms. The lowest BCUT2D eigenvalue weighted by molar-refractivity contribution is -0.119. The minimum absolute atomic E-state index is 0.0166. The van der Waals surface area contributed by atoms with E-state index < -0.39 is 0 Å². The summed E-state index contributed by atoms with van der Waals surface area (Å²) in [6, 6.07) is 7.14. The van der Waals surface area contributed by atoms with Crippen LogP contribution < -0.4 is 10.6 Å². The van der Waals surface area contributed by atoms with E-state index >= 15 is 0 Å². The maximum atomic E-state index is 11.5. The van der Waals surface area contributed by atoms with Crippen LogP contribution in [0, 0.1) is 5.92 Å². The van der Waals surface area contributed by atoms with E-state index in [-0.39, 0.29) is 18.2 Å². The van der Waals surface area contributed by atoms with Gasteiger partial charge in [-0.1, -0.05) is 26.0 Å². The van der Waals surface area contributed by atoms with Crippen molar-refractivity contribution in [2.45, 2.75) is 20.8 Å². The van der Waals surface area contributed by atoms with Crippen LogP contribution in [0.3, 0.4) is 0 Å². The Bertz CT molecular complexity index is 428. The van der Waals surface area contributed by atoms with Crippen LogP contribution in [0.1, 0.15) is 31.1 Å². The largest absolute Gasteiger partial charge is 0.376 e. The molecule has 0 saturated carbocycles. The molecule has 1 aromatic rings. The van der Waals surface area contributed by atoms with Crippen molar-refractivity contribution < 1.29 is 9.59 Å². The molecule has 0 saturated heterocycles. The lowest BCUT2D eigenvalue weighted by Gasteiger charge is -2.09. The molecule has 1 amide bonds. The number of hydrogen-bond acceptors (Lipinski definition) is 3. The summed E-state index contributed by atoms with van der Waals surface area (Å²) in [7, 11) is 0. The minimum atomic E-state index is -0.0445. The number of carbonyl (C=O) groups is 2. The summed E-state index contributed by atoms with van der Waals surface area (Å²) < 4.78 is 0. The highest BCUT2D eigenvalue weighted by Gasteiger charge is 2.03. The standard InChI is InChI=1S/C14H20N2O2/c1-10(2)8-16-14(18)9-15-13-6-4-5-12(7-13)11(3)17/h4-7,10,15H,8-9H2,1-3H3,(H,16,18). The number of hydrogen-bond donors (Lipinski definition) is 2. The Morgan fingerprint density at radius 3 is 2.61 bits per heavy atom. The van der Waals surface area contributed by atoms with E-state index in [1.54, 1.807) is 18.2 Å². The quantitative estimate of drug-likeness (QED) is 0.758. The monoisotopic (exact) mass is 248 g/mol. The molecule has 0 bridgehead atoms. The predicted molar refractivity (Wildman–Crippen MR) is 72.8 cm³/mol. The third-order valence-corrected chi connectivity index (χ3v) is 2.43. The topological polar surface area (TPSA) is 58.2 Å². The van der Waals surface area contributed by atoms with E-state index in [0.717, 1.165) is 5.69 Å². The summed E-state index contributed by atoms with van der Waals surface area (Å²) in [6.45, 7) is 6.50. The smallest absolute Gasteiger partial charge is 0.239 e. The first-order valence-electron chi connectivity index (χ1n) is 6.10. The zero-order valence-electron chi connectivity index (χ0n) is 11.1. The molecule has 0 heterocycles. The van der Waals surface area contributed by atoms with E-state index in [0.29, 0.717) is 18.0 Å². The molecule has 2 N–H and O–H groups in total. The summed E-state index contributed by atoms with van der Waals surface area (Å²) in [6.07, 6.45) is 0. The number of amides is 1. The van der Waals surface area contributed by atoms with Gasteiger partial charge in [-0.15, -0.1) is 0 Å². The lowest BCUT2D eigenvalue weighted by Crippen LogP contribution is -2.32. The van der Waals surface area contributed by atoms with Gasteiger partial charge in [0.05, 0.1) is 6.54 Å². The highest BCUT2D eigenvalue weighted by atomic mass is 16.2. The molecule has 4 nitrogen and oxygen atoms in total. The Labute approximate surface area is 108 Å². The van der Waals surface area contributed by atoms with Crippen molar-refractivity contribution >= 4 is 17.4 Å². The summed E-state index contributed by atoms with van der Waals surface area (Å²) >= 11 is 0. The van der Waals surface area contributed by atoms with Gasteiger partial charge in [-0.05, 0) is 25.0 Å². The van der Waals surface area contributed by atoms with Gasteiger partial charge in [0.1, 0.15) is 0 Å². The SMILES string of the molecule is CC(=O)c1cccc(NCC(=O)NCC(C)C)c1. The molecule has 98 valence electrons. The Hall–Kier alpha value is -1.84. The maximum Gasteiger partial charge on any atom is 0.239 e.